The first-order valence-electron chi connectivity index (χ1n) is 8.63. The molecule has 0 aromatic carbocycles. The molecule has 2 aromatic rings. The topological polar surface area (TPSA) is 95.1 Å². The summed E-state index contributed by atoms with van der Waals surface area (Å²) in [5, 5.41) is 19.7. The summed E-state index contributed by atoms with van der Waals surface area (Å²) in [6.07, 6.45) is 1.32. The number of amides is 2. The second kappa shape index (κ2) is 7.97. The van der Waals surface area contributed by atoms with Crippen LogP contribution in [0.25, 0.3) is 5.65 Å². The lowest BCUT2D eigenvalue weighted by molar-refractivity contribution is 0.234. The van der Waals surface area contributed by atoms with Gasteiger partial charge in [0.15, 0.2) is 5.65 Å². The van der Waals surface area contributed by atoms with E-state index in [9.17, 15) is 10.1 Å². The number of hydrogen-bond donors (Lipinski definition) is 2. The Morgan fingerprint density at radius 3 is 2.72 bits per heavy atom. The van der Waals surface area contributed by atoms with Crippen LogP contribution in [0.4, 0.5) is 4.79 Å². The molecule has 2 amide bonds. The molecule has 0 aliphatic heterocycles. The Kier molecular flexibility index (Phi) is 5.97. The smallest absolute Gasteiger partial charge is 0.315 e. The van der Waals surface area contributed by atoms with Gasteiger partial charge in [-0.2, -0.15) is 10.4 Å². The molecule has 0 aliphatic rings. The zero-order chi connectivity index (χ0) is 18.6. The molecule has 0 aliphatic carbocycles. The van der Waals surface area contributed by atoms with Crippen LogP contribution in [0.15, 0.2) is 6.07 Å². The van der Waals surface area contributed by atoms with Crippen LogP contribution in [0.3, 0.4) is 0 Å². The van der Waals surface area contributed by atoms with Crippen LogP contribution in [0.2, 0.25) is 0 Å². The fourth-order valence-electron chi connectivity index (χ4n) is 2.54. The lowest BCUT2D eigenvalue weighted by Crippen LogP contribution is -2.43. The maximum absolute atomic E-state index is 11.8. The number of urea groups is 1. The molecule has 0 saturated heterocycles. The average molecular weight is 342 g/mol. The molecule has 2 heterocycles. The fourth-order valence-corrected chi connectivity index (χ4v) is 2.54. The van der Waals surface area contributed by atoms with Gasteiger partial charge in [0.1, 0.15) is 11.6 Å². The van der Waals surface area contributed by atoms with Crippen LogP contribution in [0.5, 0.6) is 0 Å². The molecule has 0 bridgehead atoms. The fraction of sp³-hybridized carbons (Fsp3) is 0.556. The summed E-state index contributed by atoms with van der Waals surface area (Å²) in [4.78, 5) is 16.2. The summed E-state index contributed by atoms with van der Waals surface area (Å²) >= 11 is 0. The number of hydrogen-bond acceptors (Lipinski definition) is 4. The van der Waals surface area contributed by atoms with Gasteiger partial charge in [0.25, 0.3) is 0 Å². The minimum atomic E-state index is -0.162. The zero-order valence-electron chi connectivity index (χ0n) is 15.6. The normalized spacial score (nSPS) is 12.2. The first kappa shape index (κ1) is 18.7. The molecule has 2 aromatic heterocycles. The molecule has 7 heteroatoms. The van der Waals surface area contributed by atoms with Gasteiger partial charge in [-0.05, 0) is 45.6 Å². The summed E-state index contributed by atoms with van der Waals surface area (Å²) < 4.78 is 1.71. The highest BCUT2D eigenvalue weighted by atomic mass is 16.2. The average Bonchev–Trinajstić information content (AvgIpc) is 2.89. The van der Waals surface area contributed by atoms with Crippen LogP contribution >= 0.6 is 0 Å². The second-order valence-electron chi connectivity index (χ2n) is 6.74. The number of nitriles is 1. The number of nitrogens with one attached hydrogen (secondary N) is 2. The van der Waals surface area contributed by atoms with E-state index >= 15 is 0 Å². The highest BCUT2D eigenvalue weighted by Gasteiger charge is 2.15. The van der Waals surface area contributed by atoms with Crippen molar-refractivity contribution in [3.05, 3.63) is 28.7 Å². The summed E-state index contributed by atoms with van der Waals surface area (Å²) in [6, 6.07) is 4.12. The Hall–Kier alpha value is -2.62. The third-order valence-electron chi connectivity index (χ3n) is 4.31. The summed E-state index contributed by atoms with van der Waals surface area (Å²) in [6.45, 7) is 10.5. The molecule has 0 fully saturated rings. The van der Waals surface area contributed by atoms with Gasteiger partial charge in [-0.15, -0.1) is 0 Å². The number of aromatic nitrogens is 3. The van der Waals surface area contributed by atoms with Gasteiger partial charge in [-0.25, -0.2) is 14.3 Å². The van der Waals surface area contributed by atoms with Crippen LogP contribution < -0.4 is 10.6 Å². The van der Waals surface area contributed by atoms with E-state index in [2.05, 4.69) is 40.6 Å². The number of nitrogens with zero attached hydrogens (tertiary/aromatic N) is 4. The summed E-state index contributed by atoms with van der Waals surface area (Å²) in [7, 11) is 0. The largest absolute Gasteiger partial charge is 0.338 e. The lowest BCUT2D eigenvalue weighted by Gasteiger charge is -2.17. The van der Waals surface area contributed by atoms with Crippen LogP contribution in [-0.2, 0) is 6.42 Å². The van der Waals surface area contributed by atoms with Crippen molar-refractivity contribution in [3.8, 4) is 6.07 Å². The number of fused-ring (bicyclic) bond motifs is 1. The minimum Gasteiger partial charge on any atom is -0.338 e. The van der Waals surface area contributed by atoms with Crippen LogP contribution in [-0.4, -0.2) is 33.2 Å². The standard InChI is InChI=1S/C18H26N6O/c1-11(2)14(5)22-18(25)20-8-6-7-16-15(10-19)17-21-12(3)9-13(4)24(17)23-16/h9,11,14H,6-8H2,1-5H3,(H2,20,22,25)/t14-/m1/s1. The van der Waals surface area contributed by atoms with Crippen LogP contribution in [0, 0.1) is 31.1 Å². The molecule has 7 nitrogen and oxygen atoms in total. The molecule has 0 spiro atoms. The van der Waals surface area contributed by atoms with Gasteiger partial charge in [0.2, 0.25) is 0 Å². The quantitative estimate of drug-likeness (QED) is 0.789. The molecule has 0 unspecified atom stereocenters. The highest BCUT2D eigenvalue weighted by molar-refractivity contribution is 5.74. The van der Waals surface area contributed by atoms with E-state index in [0.717, 1.165) is 17.1 Å². The van der Waals surface area contributed by atoms with E-state index in [1.807, 2.05) is 26.8 Å². The molecule has 2 rings (SSSR count). The Morgan fingerprint density at radius 1 is 1.36 bits per heavy atom. The number of rotatable bonds is 6. The van der Waals surface area contributed by atoms with Crippen molar-refractivity contribution >= 4 is 11.7 Å². The van der Waals surface area contributed by atoms with Crippen molar-refractivity contribution in [3.63, 3.8) is 0 Å². The molecule has 1 atom stereocenters. The highest BCUT2D eigenvalue weighted by Crippen LogP contribution is 2.17. The van der Waals surface area contributed by atoms with Crippen molar-refractivity contribution in [2.24, 2.45) is 5.92 Å². The zero-order valence-corrected chi connectivity index (χ0v) is 15.6. The summed E-state index contributed by atoms with van der Waals surface area (Å²) in [5.41, 5.74) is 3.66. The van der Waals surface area contributed by atoms with E-state index in [1.165, 1.54) is 0 Å². The van der Waals surface area contributed by atoms with Gasteiger partial charge in [-0.3, -0.25) is 0 Å². The van der Waals surface area contributed by atoms with Gasteiger partial charge >= 0.3 is 6.03 Å². The molecular weight excluding hydrogens is 316 g/mol. The van der Waals surface area contributed by atoms with Gasteiger partial charge in [0, 0.05) is 24.0 Å². The number of aryl methyl sites for hydroxylation is 3. The van der Waals surface area contributed by atoms with E-state index in [0.29, 0.717) is 36.5 Å². The van der Waals surface area contributed by atoms with Gasteiger partial charge in [-0.1, -0.05) is 13.8 Å². The minimum absolute atomic E-state index is 0.126. The van der Waals surface area contributed by atoms with Crippen molar-refractivity contribution in [2.45, 2.75) is 53.5 Å². The van der Waals surface area contributed by atoms with Crippen molar-refractivity contribution in [2.75, 3.05) is 6.54 Å². The molecule has 0 radical (unpaired) electrons. The molecular formula is C18H26N6O. The van der Waals surface area contributed by atoms with Crippen molar-refractivity contribution in [1.82, 2.24) is 25.2 Å². The lowest BCUT2D eigenvalue weighted by atomic mass is 10.1. The first-order valence-corrected chi connectivity index (χ1v) is 8.63. The van der Waals surface area contributed by atoms with E-state index in [1.54, 1.807) is 4.52 Å². The maximum atomic E-state index is 11.8. The third kappa shape index (κ3) is 4.47. The monoisotopic (exact) mass is 342 g/mol. The summed E-state index contributed by atoms with van der Waals surface area (Å²) in [5.74, 6) is 0.390. The van der Waals surface area contributed by atoms with Crippen LogP contribution in [0.1, 0.15) is 49.8 Å². The second-order valence-corrected chi connectivity index (χ2v) is 6.74. The Balaban J connectivity index is 1.97. The molecule has 25 heavy (non-hydrogen) atoms. The molecule has 0 saturated carbocycles. The Bertz CT molecular complexity index is 802. The maximum Gasteiger partial charge on any atom is 0.315 e. The third-order valence-corrected chi connectivity index (χ3v) is 4.31. The SMILES string of the molecule is Cc1cc(C)n2nc(CCCNC(=O)N[C@H](C)C(C)C)c(C#N)c2n1. The van der Waals surface area contributed by atoms with Crippen molar-refractivity contribution < 1.29 is 4.79 Å². The Morgan fingerprint density at radius 2 is 2.08 bits per heavy atom. The first-order chi connectivity index (χ1) is 11.8. The predicted molar refractivity (Wildman–Crippen MR) is 96.3 cm³/mol. The van der Waals surface area contributed by atoms with E-state index in [-0.39, 0.29) is 12.1 Å². The number of carbonyl (C=O) groups excluding carboxylic acids is 1. The van der Waals surface area contributed by atoms with Crippen molar-refractivity contribution in [1.29, 1.82) is 5.26 Å². The number of carbonyl (C=O) groups is 1. The van der Waals surface area contributed by atoms with E-state index < -0.39 is 0 Å². The van der Waals surface area contributed by atoms with Gasteiger partial charge < -0.3 is 10.6 Å². The molecule has 134 valence electrons. The predicted octanol–water partition coefficient (Wildman–Crippen LogP) is 2.49. The molecule has 2 N–H and O–H groups in total. The Labute approximate surface area is 148 Å². The van der Waals surface area contributed by atoms with E-state index in [4.69, 9.17) is 0 Å². The van der Waals surface area contributed by atoms with Gasteiger partial charge in [0.05, 0.1) is 5.69 Å².